The maximum absolute atomic E-state index is 2.31. The Balaban J connectivity index is 1.96. The van der Waals surface area contributed by atoms with E-state index in [0.29, 0.717) is 0 Å². The number of fused-ring (bicyclic) bond motifs is 2. The third-order valence-electron chi connectivity index (χ3n) is 4.72. The molecule has 1 heterocycles. The molecule has 0 spiro atoms. The van der Waals surface area contributed by atoms with Crippen molar-refractivity contribution in [2.45, 2.75) is 30.6 Å². The zero-order valence-electron chi connectivity index (χ0n) is 12.2. The number of rotatable bonds is 1. The Morgan fingerprint density at radius 2 is 1.67 bits per heavy atom. The summed E-state index contributed by atoms with van der Waals surface area (Å²) < 4.78 is 0. The lowest BCUT2D eigenvalue weighted by atomic mass is 9.79. The van der Waals surface area contributed by atoms with Crippen molar-refractivity contribution in [2.75, 3.05) is 5.75 Å². The highest BCUT2D eigenvalue weighted by molar-refractivity contribution is 7.99. The van der Waals surface area contributed by atoms with Gasteiger partial charge in [-0.15, -0.1) is 11.8 Å². The molecule has 2 aromatic rings. The van der Waals surface area contributed by atoms with Crippen LogP contribution in [0.15, 0.2) is 65.1 Å². The topological polar surface area (TPSA) is 0 Å². The zero-order valence-corrected chi connectivity index (χ0v) is 13.0. The molecule has 4 rings (SSSR count). The molecule has 0 saturated heterocycles. The summed E-state index contributed by atoms with van der Waals surface area (Å²) in [6, 6.07) is 20.0. The third-order valence-corrected chi connectivity index (χ3v) is 5.96. The van der Waals surface area contributed by atoms with Gasteiger partial charge in [-0.25, -0.2) is 0 Å². The van der Waals surface area contributed by atoms with Gasteiger partial charge in [0.15, 0.2) is 0 Å². The number of benzene rings is 2. The van der Waals surface area contributed by atoms with Crippen molar-refractivity contribution in [2.24, 2.45) is 5.92 Å². The zero-order chi connectivity index (χ0) is 14.1. The van der Waals surface area contributed by atoms with Crippen LogP contribution < -0.4 is 0 Å². The minimum Gasteiger partial charge on any atom is -0.125 e. The molecular weight excluding hydrogens is 272 g/mol. The first-order chi connectivity index (χ1) is 10.4. The SMILES string of the molecule is c1ccc(C2=C3CCCCC3CSc3ccccc32)cc1. The Morgan fingerprint density at radius 1 is 0.857 bits per heavy atom. The van der Waals surface area contributed by atoms with E-state index >= 15 is 0 Å². The number of hydrogen-bond donors (Lipinski definition) is 0. The molecule has 0 radical (unpaired) electrons. The van der Waals surface area contributed by atoms with Crippen molar-refractivity contribution in [3.05, 3.63) is 71.3 Å². The maximum Gasteiger partial charge on any atom is 0.0151 e. The van der Waals surface area contributed by atoms with Crippen LogP contribution in [0.2, 0.25) is 0 Å². The van der Waals surface area contributed by atoms with E-state index in [1.165, 1.54) is 53.0 Å². The molecule has 1 unspecified atom stereocenters. The summed E-state index contributed by atoms with van der Waals surface area (Å²) in [4.78, 5) is 1.46. The van der Waals surface area contributed by atoms with Crippen molar-refractivity contribution >= 4 is 17.3 Å². The average molecular weight is 292 g/mol. The molecule has 0 N–H and O–H groups in total. The van der Waals surface area contributed by atoms with Crippen LogP contribution in [-0.2, 0) is 0 Å². The lowest BCUT2D eigenvalue weighted by Gasteiger charge is -2.26. The van der Waals surface area contributed by atoms with E-state index in [0.717, 1.165) is 5.92 Å². The van der Waals surface area contributed by atoms with Crippen molar-refractivity contribution in [3.8, 4) is 0 Å². The fraction of sp³-hybridized carbons (Fsp3) is 0.300. The van der Waals surface area contributed by atoms with Crippen LogP contribution in [-0.4, -0.2) is 5.75 Å². The minimum absolute atomic E-state index is 0.770. The molecule has 1 aliphatic heterocycles. The molecule has 0 amide bonds. The first kappa shape index (κ1) is 13.2. The van der Waals surface area contributed by atoms with Crippen molar-refractivity contribution < 1.29 is 0 Å². The van der Waals surface area contributed by atoms with Gasteiger partial charge in [0.1, 0.15) is 0 Å². The van der Waals surface area contributed by atoms with Gasteiger partial charge in [0.05, 0.1) is 0 Å². The highest BCUT2D eigenvalue weighted by atomic mass is 32.2. The summed E-state index contributed by atoms with van der Waals surface area (Å²) in [5.74, 6) is 2.02. The lowest BCUT2D eigenvalue weighted by molar-refractivity contribution is 0.492. The molecule has 1 heteroatoms. The van der Waals surface area contributed by atoms with Gasteiger partial charge in [-0.2, -0.15) is 0 Å². The van der Waals surface area contributed by atoms with E-state index in [1.54, 1.807) is 5.57 Å². The molecule has 1 atom stereocenters. The van der Waals surface area contributed by atoms with E-state index in [1.807, 2.05) is 0 Å². The standard InChI is InChI=1S/C20H20S/c1-2-8-15(9-3-1)20-17-11-5-4-10-16(17)14-21-19-13-7-6-12-18(19)20/h1-3,6-9,12-13,16H,4-5,10-11,14H2. The van der Waals surface area contributed by atoms with Crippen molar-refractivity contribution in [3.63, 3.8) is 0 Å². The quantitative estimate of drug-likeness (QED) is 0.641. The average Bonchev–Trinajstić information content (AvgIpc) is 2.72. The first-order valence-corrected chi connectivity index (χ1v) is 8.93. The third kappa shape index (κ3) is 2.44. The van der Waals surface area contributed by atoms with Crippen LogP contribution in [0.5, 0.6) is 0 Å². The fourth-order valence-corrected chi connectivity index (χ4v) is 4.95. The van der Waals surface area contributed by atoms with Gasteiger partial charge in [-0.3, -0.25) is 0 Å². The summed E-state index contributed by atoms with van der Waals surface area (Å²) in [6.45, 7) is 0. The Hall–Kier alpha value is -1.47. The summed E-state index contributed by atoms with van der Waals surface area (Å²) in [5, 5.41) is 0. The van der Waals surface area contributed by atoms with Crippen LogP contribution in [0.3, 0.4) is 0 Å². The van der Waals surface area contributed by atoms with Gasteiger partial charge in [0.2, 0.25) is 0 Å². The molecule has 0 nitrogen and oxygen atoms in total. The Bertz CT molecular complexity index is 669. The smallest absolute Gasteiger partial charge is 0.0151 e. The maximum atomic E-state index is 2.31. The molecule has 106 valence electrons. The fourth-order valence-electron chi connectivity index (χ4n) is 3.71. The van der Waals surface area contributed by atoms with Crippen LogP contribution in [0.1, 0.15) is 36.8 Å². The van der Waals surface area contributed by atoms with E-state index in [9.17, 15) is 0 Å². The largest absolute Gasteiger partial charge is 0.125 e. The first-order valence-electron chi connectivity index (χ1n) is 7.94. The second-order valence-electron chi connectivity index (χ2n) is 6.02. The van der Waals surface area contributed by atoms with E-state index in [2.05, 4.69) is 66.4 Å². The second kappa shape index (κ2) is 5.73. The lowest BCUT2D eigenvalue weighted by Crippen LogP contribution is -2.13. The van der Waals surface area contributed by atoms with Gasteiger partial charge in [-0.1, -0.05) is 60.5 Å². The predicted octanol–water partition coefficient (Wildman–Crippen LogP) is 5.78. The van der Waals surface area contributed by atoms with E-state index in [-0.39, 0.29) is 0 Å². The normalized spacial score (nSPS) is 21.4. The number of allylic oxidation sites excluding steroid dienone is 1. The highest BCUT2D eigenvalue weighted by Gasteiger charge is 2.27. The second-order valence-corrected chi connectivity index (χ2v) is 7.08. The van der Waals surface area contributed by atoms with Gasteiger partial charge in [0.25, 0.3) is 0 Å². The predicted molar refractivity (Wildman–Crippen MR) is 91.6 cm³/mol. The van der Waals surface area contributed by atoms with Crippen LogP contribution in [0, 0.1) is 5.92 Å². The summed E-state index contributed by atoms with van der Waals surface area (Å²) in [6.07, 6.45) is 5.40. The van der Waals surface area contributed by atoms with Crippen LogP contribution in [0.25, 0.3) is 5.57 Å². The molecule has 2 aliphatic rings. The Morgan fingerprint density at radius 3 is 2.57 bits per heavy atom. The molecule has 21 heavy (non-hydrogen) atoms. The highest BCUT2D eigenvalue weighted by Crippen LogP contribution is 2.46. The van der Waals surface area contributed by atoms with Crippen molar-refractivity contribution in [1.29, 1.82) is 0 Å². The van der Waals surface area contributed by atoms with Crippen molar-refractivity contribution in [1.82, 2.24) is 0 Å². The van der Waals surface area contributed by atoms with Crippen LogP contribution >= 0.6 is 11.8 Å². The molecular formula is C20H20S. The van der Waals surface area contributed by atoms with Gasteiger partial charge in [-0.05, 0) is 47.9 Å². The molecule has 0 aromatic heterocycles. The molecule has 2 aromatic carbocycles. The molecule has 1 saturated carbocycles. The number of hydrogen-bond acceptors (Lipinski definition) is 1. The summed E-state index contributed by atoms with van der Waals surface area (Å²) >= 11 is 2.05. The summed E-state index contributed by atoms with van der Waals surface area (Å²) in [7, 11) is 0. The van der Waals surface area contributed by atoms with Crippen LogP contribution in [0.4, 0.5) is 0 Å². The number of thioether (sulfide) groups is 1. The Kier molecular flexibility index (Phi) is 3.60. The Labute approximate surface area is 131 Å². The molecule has 1 aliphatic carbocycles. The monoisotopic (exact) mass is 292 g/mol. The molecule has 0 bridgehead atoms. The van der Waals surface area contributed by atoms with Gasteiger partial charge >= 0.3 is 0 Å². The van der Waals surface area contributed by atoms with Gasteiger partial charge < -0.3 is 0 Å². The summed E-state index contributed by atoms with van der Waals surface area (Å²) in [5.41, 5.74) is 6.09. The van der Waals surface area contributed by atoms with E-state index < -0.39 is 0 Å². The van der Waals surface area contributed by atoms with Gasteiger partial charge in [0, 0.05) is 10.6 Å². The molecule has 1 fully saturated rings. The van der Waals surface area contributed by atoms with E-state index in [4.69, 9.17) is 0 Å². The minimum atomic E-state index is 0.770.